The average Bonchev–Trinajstić information content (AvgIpc) is 3.24. The first-order chi connectivity index (χ1) is 10.0. The predicted octanol–water partition coefficient (Wildman–Crippen LogP) is 1.49. The van der Waals surface area contributed by atoms with E-state index in [2.05, 4.69) is 5.32 Å². The Labute approximate surface area is 123 Å². The van der Waals surface area contributed by atoms with Crippen molar-refractivity contribution in [3.05, 3.63) is 23.8 Å². The molecule has 6 heteroatoms. The van der Waals surface area contributed by atoms with Gasteiger partial charge in [-0.05, 0) is 44.9 Å². The standard InChI is InChI=1S/C15H20N2O4/c1-3-20-15(19)12-8-10(16)4-7-13(12)21-9(2)14(18)17-11-5-6-11/h4,7-9,11H,3,5-6,16H2,1-2H3,(H,17,18). The van der Waals surface area contributed by atoms with Crippen LogP contribution in [0, 0.1) is 0 Å². The molecule has 0 saturated heterocycles. The molecule has 0 spiro atoms. The topological polar surface area (TPSA) is 90.7 Å². The van der Waals surface area contributed by atoms with Crippen LogP contribution in [0.5, 0.6) is 5.75 Å². The molecule has 2 rings (SSSR count). The van der Waals surface area contributed by atoms with Gasteiger partial charge in [0.1, 0.15) is 11.3 Å². The molecule has 1 fully saturated rings. The van der Waals surface area contributed by atoms with E-state index in [1.807, 2.05) is 0 Å². The fourth-order valence-corrected chi connectivity index (χ4v) is 1.81. The quantitative estimate of drug-likeness (QED) is 0.612. The second-order valence-electron chi connectivity index (χ2n) is 5.02. The van der Waals surface area contributed by atoms with Gasteiger partial charge in [-0.1, -0.05) is 0 Å². The fourth-order valence-electron chi connectivity index (χ4n) is 1.81. The van der Waals surface area contributed by atoms with Gasteiger partial charge in [-0.15, -0.1) is 0 Å². The summed E-state index contributed by atoms with van der Waals surface area (Å²) in [7, 11) is 0. The van der Waals surface area contributed by atoms with Gasteiger partial charge >= 0.3 is 5.97 Å². The van der Waals surface area contributed by atoms with Crippen molar-refractivity contribution in [2.24, 2.45) is 0 Å². The van der Waals surface area contributed by atoms with Crippen molar-refractivity contribution in [1.29, 1.82) is 0 Å². The van der Waals surface area contributed by atoms with Crippen LogP contribution in [0.25, 0.3) is 0 Å². The van der Waals surface area contributed by atoms with Gasteiger partial charge in [0.15, 0.2) is 6.10 Å². The normalized spacial score (nSPS) is 15.1. The maximum absolute atomic E-state index is 11.9. The predicted molar refractivity (Wildman–Crippen MR) is 78.1 cm³/mol. The largest absolute Gasteiger partial charge is 0.480 e. The van der Waals surface area contributed by atoms with Gasteiger partial charge in [0.2, 0.25) is 0 Å². The molecule has 1 aromatic carbocycles. The number of hydrogen-bond acceptors (Lipinski definition) is 5. The average molecular weight is 292 g/mol. The zero-order chi connectivity index (χ0) is 15.4. The van der Waals surface area contributed by atoms with Crippen LogP contribution in [-0.2, 0) is 9.53 Å². The number of benzene rings is 1. The van der Waals surface area contributed by atoms with Crippen LogP contribution in [0.3, 0.4) is 0 Å². The monoisotopic (exact) mass is 292 g/mol. The summed E-state index contributed by atoms with van der Waals surface area (Å²) in [4.78, 5) is 23.8. The lowest BCUT2D eigenvalue weighted by molar-refractivity contribution is -0.127. The number of carbonyl (C=O) groups is 2. The zero-order valence-electron chi connectivity index (χ0n) is 12.2. The molecule has 0 heterocycles. The molecule has 0 aromatic heterocycles. The number of ether oxygens (including phenoxy) is 2. The number of esters is 1. The second-order valence-corrected chi connectivity index (χ2v) is 5.02. The van der Waals surface area contributed by atoms with Gasteiger partial charge < -0.3 is 20.5 Å². The Morgan fingerprint density at radius 3 is 2.76 bits per heavy atom. The van der Waals surface area contributed by atoms with E-state index >= 15 is 0 Å². The van der Waals surface area contributed by atoms with Crippen molar-refractivity contribution >= 4 is 17.6 Å². The van der Waals surface area contributed by atoms with E-state index in [0.29, 0.717) is 11.4 Å². The van der Waals surface area contributed by atoms with Gasteiger partial charge in [-0.2, -0.15) is 0 Å². The molecule has 3 N–H and O–H groups in total. The van der Waals surface area contributed by atoms with Crippen LogP contribution in [0.4, 0.5) is 5.69 Å². The highest BCUT2D eigenvalue weighted by Crippen LogP contribution is 2.24. The summed E-state index contributed by atoms with van der Waals surface area (Å²) in [6.45, 7) is 3.62. The lowest BCUT2D eigenvalue weighted by Gasteiger charge is -2.17. The van der Waals surface area contributed by atoms with Crippen LogP contribution in [-0.4, -0.2) is 30.6 Å². The van der Waals surface area contributed by atoms with Gasteiger partial charge in [-0.25, -0.2) is 4.79 Å². The second kappa shape index (κ2) is 6.47. The van der Waals surface area contributed by atoms with E-state index in [-0.39, 0.29) is 24.1 Å². The van der Waals surface area contributed by atoms with E-state index < -0.39 is 12.1 Å². The number of anilines is 1. The molecule has 6 nitrogen and oxygen atoms in total. The van der Waals surface area contributed by atoms with Crippen molar-refractivity contribution < 1.29 is 19.1 Å². The van der Waals surface area contributed by atoms with E-state index in [4.69, 9.17) is 15.2 Å². The molecule has 0 bridgehead atoms. The van der Waals surface area contributed by atoms with Crippen molar-refractivity contribution in [1.82, 2.24) is 5.32 Å². The molecule has 1 unspecified atom stereocenters. The summed E-state index contributed by atoms with van der Waals surface area (Å²) in [5, 5.41) is 2.85. The number of carbonyl (C=O) groups excluding carboxylic acids is 2. The minimum absolute atomic E-state index is 0.191. The number of nitrogen functional groups attached to an aromatic ring is 1. The fraction of sp³-hybridized carbons (Fsp3) is 0.467. The molecule has 21 heavy (non-hydrogen) atoms. The highest BCUT2D eigenvalue weighted by molar-refractivity contribution is 5.93. The molecular weight excluding hydrogens is 272 g/mol. The van der Waals surface area contributed by atoms with Gasteiger partial charge in [0.25, 0.3) is 5.91 Å². The molecule has 1 atom stereocenters. The highest BCUT2D eigenvalue weighted by Gasteiger charge is 2.27. The van der Waals surface area contributed by atoms with Crippen LogP contribution < -0.4 is 15.8 Å². The number of amides is 1. The number of rotatable bonds is 6. The lowest BCUT2D eigenvalue weighted by atomic mass is 10.1. The van der Waals surface area contributed by atoms with Crippen molar-refractivity contribution in [3.63, 3.8) is 0 Å². The van der Waals surface area contributed by atoms with Crippen LogP contribution in [0.15, 0.2) is 18.2 Å². The Morgan fingerprint density at radius 2 is 2.14 bits per heavy atom. The molecular formula is C15H20N2O4. The first kappa shape index (κ1) is 15.2. The minimum Gasteiger partial charge on any atom is -0.480 e. The van der Waals surface area contributed by atoms with Crippen molar-refractivity contribution in [2.45, 2.75) is 38.8 Å². The third kappa shape index (κ3) is 4.11. The zero-order valence-corrected chi connectivity index (χ0v) is 12.2. The Balaban J connectivity index is 2.10. The van der Waals surface area contributed by atoms with Crippen LogP contribution in [0.2, 0.25) is 0 Å². The third-order valence-electron chi connectivity index (χ3n) is 3.10. The molecule has 0 aliphatic heterocycles. The summed E-state index contributed by atoms with van der Waals surface area (Å²) in [6.07, 6.45) is 1.32. The maximum Gasteiger partial charge on any atom is 0.341 e. The van der Waals surface area contributed by atoms with Gasteiger partial charge in [0.05, 0.1) is 6.61 Å². The highest BCUT2D eigenvalue weighted by atomic mass is 16.5. The Hall–Kier alpha value is -2.24. The first-order valence-electron chi connectivity index (χ1n) is 7.05. The number of nitrogens with one attached hydrogen (secondary N) is 1. The minimum atomic E-state index is -0.692. The van der Waals surface area contributed by atoms with Gasteiger partial charge in [0, 0.05) is 11.7 Å². The first-order valence-corrected chi connectivity index (χ1v) is 7.05. The summed E-state index contributed by atoms with van der Waals surface area (Å²) in [6, 6.07) is 4.93. The number of nitrogens with two attached hydrogens (primary N) is 1. The molecule has 1 saturated carbocycles. The molecule has 1 amide bonds. The van der Waals surface area contributed by atoms with E-state index in [1.54, 1.807) is 26.0 Å². The SMILES string of the molecule is CCOC(=O)c1cc(N)ccc1OC(C)C(=O)NC1CC1. The van der Waals surface area contributed by atoms with E-state index in [0.717, 1.165) is 12.8 Å². The Morgan fingerprint density at radius 1 is 1.43 bits per heavy atom. The smallest absolute Gasteiger partial charge is 0.341 e. The van der Waals surface area contributed by atoms with Crippen molar-refractivity contribution in [2.75, 3.05) is 12.3 Å². The number of hydrogen-bond donors (Lipinski definition) is 2. The lowest BCUT2D eigenvalue weighted by Crippen LogP contribution is -2.37. The molecule has 1 aromatic rings. The van der Waals surface area contributed by atoms with Crippen LogP contribution >= 0.6 is 0 Å². The Kier molecular flexibility index (Phi) is 4.67. The van der Waals surface area contributed by atoms with Crippen molar-refractivity contribution in [3.8, 4) is 5.75 Å². The summed E-state index contributed by atoms with van der Waals surface area (Å²) in [5.41, 5.74) is 6.34. The third-order valence-corrected chi connectivity index (χ3v) is 3.10. The maximum atomic E-state index is 11.9. The molecule has 1 aliphatic carbocycles. The molecule has 1 aliphatic rings. The van der Waals surface area contributed by atoms with Crippen LogP contribution in [0.1, 0.15) is 37.0 Å². The summed E-state index contributed by atoms with van der Waals surface area (Å²) in [5.74, 6) is -0.417. The van der Waals surface area contributed by atoms with E-state index in [1.165, 1.54) is 6.07 Å². The summed E-state index contributed by atoms with van der Waals surface area (Å²) >= 11 is 0. The Bertz CT molecular complexity index is 540. The van der Waals surface area contributed by atoms with Gasteiger partial charge in [-0.3, -0.25) is 4.79 Å². The molecule has 114 valence electrons. The molecule has 0 radical (unpaired) electrons. The summed E-state index contributed by atoms with van der Waals surface area (Å²) < 4.78 is 10.6. The van der Waals surface area contributed by atoms with E-state index in [9.17, 15) is 9.59 Å².